The lowest BCUT2D eigenvalue weighted by molar-refractivity contribution is -0.122. The molecule has 1 N–H and O–H groups in total. The summed E-state index contributed by atoms with van der Waals surface area (Å²) in [5, 5.41) is 2.74. The summed E-state index contributed by atoms with van der Waals surface area (Å²) in [5.74, 6) is -0.559. The molecular weight excluding hydrogens is 297 g/mol. The maximum absolute atomic E-state index is 14.2. The molecule has 1 aromatic rings. The van der Waals surface area contributed by atoms with Crippen molar-refractivity contribution < 1.29 is 14.0 Å². The standard InChI is InChI=1S/C17H22FN3O2/c1-3-6-19-17(23)12-20-7-9-21(10-8-20)16-5-4-14(13(2)22)11-15(16)18/h3-5,11H,1,6-10,12H2,2H3,(H,19,23). The molecule has 1 fully saturated rings. The summed E-state index contributed by atoms with van der Waals surface area (Å²) >= 11 is 0. The number of halogens is 1. The van der Waals surface area contributed by atoms with Crippen LogP contribution in [0.25, 0.3) is 0 Å². The third-order valence-electron chi connectivity index (χ3n) is 3.88. The molecule has 5 nitrogen and oxygen atoms in total. The minimum absolute atomic E-state index is 0.0321. The Bertz CT molecular complexity index is 596. The number of hydrogen-bond acceptors (Lipinski definition) is 4. The monoisotopic (exact) mass is 319 g/mol. The maximum atomic E-state index is 14.2. The van der Waals surface area contributed by atoms with Gasteiger partial charge in [0.1, 0.15) is 5.82 Å². The van der Waals surface area contributed by atoms with Crippen molar-refractivity contribution in [2.75, 3.05) is 44.2 Å². The Hall–Kier alpha value is -2.21. The molecule has 0 aromatic heterocycles. The number of hydrogen-bond donors (Lipinski definition) is 1. The van der Waals surface area contributed by atoms with E-state index in [0.717, 1.165) is 0 Å². The predicted molar refractivity (Wildman–Crippen MR) is 88.3 cm³/mol. The summed E-state index contributed by atoms with van der Waals surface area (Å²) in [6.07, 6.45) is 1.64. The third kappa shape index (κ3) is 4.63. The van der Waals surface area contributed by atoms with E-state index in [0.29, 0.717) is 50.5 Å². The number of rotatable bonds is 6. The van der Waals surface area contributed by atoms with Gasteiger partial charge in [-0.05, 0) is 25.1 Å². The SMILES string of the molecule is C=CCNC(=O)CN1CCN(c2ccc(C(C)=O)cc2F)CC1. The Balaban J connectivity index is 1.90. The Morgan fingerprint density at radius 2 is 2.00 bits per heavy atom. The lowest BCUT2D eigenvalue weighted by Gasteiger charge is -2.35. The summed E-state index contributed by atoms with van der Waals surface area (Å²) < 4.78 is 14.2. The molecule has 0 unspecified atom stereocenters. The first-order chi connectivity index (χ1) is 11.0. The molecule has 0 atom stereocenters. The van der Waals surface area contributed by atoms with E-state index in [9.17, 15) is 14.0 Å². The highest BCUT2D eigenvalue weighted by Crippen LogP contribution is 2.22. The van der Waals surface area contributed by atoms with Gasteiger partial charge in [0, 0.05) is 38.3 Å². The van der Waals surface area contributed by atoms with Crippen molar-refractivity contribution in [2.45, 2.75) is 6.92 Å². The van der Waals surface area contributed by atoms with Crippen molar-refractivity contribution in [3.8, 4) is 0 Å². The van der Waals surface area contributed by atoms with Crippen molar-refractivity contribution in [2.24, 2.45) is 0 Å². The first-order valence-electron chi connectivity index (χ1n) is 7.66. The molecule has 1 heterocycles. The Kier molecular flexibility index (Phi) is 5.87. The van der Waals surface area contributed by atoms with Crippen LogP contribution >= 0.6 is 0 Å². The molecule has 0 bridgehead atoms. The van der Waals surface area contributed by atoms with Gasteiger partial charge in [-0.1, -0.05) is 6.08 Å². The van der Waals surface area contributed by atoms with Crippen LogP contribution in [-0.4, -0.2) is 55.9 Å². The van der Waals surface area contributed by atoms with Gasteiger partial charge in [0.05, 0.1) is 12.2 Å². The minimum atomic E-state index is -0.380. The van der Waals surface area contributed by atoms with Gasteiger partial charge < -0.3 is 10.2 Å². The van der Waals surface area contributed by atoms with E-state index in [-0.39, 0.29) is 17.5 Å². The molecule has 0 spiro atoms. The average Bonchev–Trinajstić information content (AvgIpc) is 2.53. The molecule has 1 aliphatic heterocycles. The second-order valence-corrected chi connectivity index (χ2v) is 5.58. The molecule has 2 rings (SSSR count). The fourth-order valence-corrected chi connectivity index (χ4v) is 2.57. The smallest absolute Gasteiger partial charge is 0.234 e. The minimum Gasteiger partial charge on any atom is -0.367 e. The number of benzene rings is 1. The Morgan fingerprint density at radius 1 is 1.30 bits per heavy atom. The first kappa shape index (κ1) is 17.1. The maximum Gasteiger partial charge on any atom is 0.234 e. The van der Waals surface area contributed by atoms with E-state index in [4.69, 9.17) is 0 Å². The van der Waals surface area contributed by atoms with Crippen LogP contribution in [0.15, 0.2) is 30.9 Å². The number of nitrogens with zero attached hydrogens (tertiary/aromatic N) is 2. The number of Topliss-reactive ketones (excluding diaryl/α,β-unsaturated/α-hetero) is 1. The number of ketones is 1. The second kappa shape index (κ2) is 7.87. The molecule has 124 valence electrons. The highest BCUT2D eigenvalue weighted by Gasteiger charge is 2.21. The van der Waals surface area contributed by atoms with E-state index in [1.54, 1.807) is 18.2 Å². The zero-order chi connectivity index (χ0) is 16.8. The van der Waals surface area contributed by atoms with Gasteiger partial charge in [-0.3, -0.25) is 14.5 Å². The fraction of sp³-hybridized carbons (Fsp3) is 0.412. The van der Waals surface area contributed by atoms with Crippen LogP contribution in [0.4, 0.5) is 10.1 Å². The zero-order valence-corrected chi connectivity index (χ0v) is 13.3. The van der Waals surface area contributed by atoms with Crippen LogP contribution in [-0.2, 0) is 4.79 Å². The summed E-state index contributed by atoms with van der Waals surface area (Å²) in [5.41, 5.74) is 0.884. The van der Waals surface area contributed by atoms with Gasteiger partial charge in [0.25, 0.3) is 0 Å². The van der Waals surface area contributed by atoms with E-state index >= 15 is 0 Å². The first-order valence-corrected chi connectivity index (χ1v) is 7.66. The largest absolute Gasteiger partial charge is 0.367 e. The lowest BCUT2D eigenvalue weighted by atomic mass is 10.1. The van der Waals surface area contributed by atoms with E-state index in [1.807, 2.05) is 9.80 Å². The number of piperazine rings is 1. The third-order valence-corrected chi connectivity index (χ3v) is 3.88. The second-order valence-electron chi connectivity index (χ2n) is 5.58. The van der Waals surface area contributed by atoms with Crippen molar-refractivity contribution in [1.82, 2.24) is 10.2 Å². The Labute approximate surface area is 135 Å². The summed E-state index contributed by atoms with van der Waals surface area (Å²) in [6.45, 7) is 8.45. The van der Waals surface area contributed by atoms with Crippen molar-refractivity contribution in [3.05, 3.63) is 42.2 Å². The van der Waals surface area contributed by atoms with Crippen LogP contribution < -0.4 is 10.2 Å². The molecule has 1 amide bonds. The number of nitrogens with one attached hydrogen (secondary N) is 1. The van der Waals surface area contributed by atoms with E-state index in [2.05, 4.69) is 11.9 Å². The molecule has 6 heteroatoms. The fourth-order valence-electron chi connectivity index (χ4n) is 2.57. The lowest BCUT2D eigenvalue weighted by Crippen LogP contribution is -2.49. The molecule has 0 aliphatic carbocycles. The van der Waals surface area contributed by atoms with Gasteiger partial charge in [0.15, 0.2) is 5.78 Å². The summed E-state index contributed by atoms with van der Waals surface area (Å²) in [7, 11) is 0. The van der Waals surface area contributed by atoms with Gasteiger partial charge >= 0.3 is 0 Å². The highest BCUT2D eigenvalue weighted by atomic mass is 19.1. The molecule has 1 aliphatic rings. The van der Waals surface area contributed by atoms with Crippen LogP contribution in [0.1, 0.15) is 17.3 Å². The molecular formula is C17H22FN3O2. The van der Waals surface area contributed by atoms with Gasteiger partial charge in [0.2, 0.25) is 5.91 Å². The van der Waals surface area contributed by atoms with Crippen LogP contribution in [0.3, 0.4) is 0 Å². The average molecular weight is 319 g/mol. The van der Waals surface area contributed by atoms with Crippen molar-refractivity contribution >= 4 is 17.4 Å². The predicted octanol–water partition coefficient (Wildman–Crippen LogP) is 1.45. The number of carbonyl (C=O) groups excluding carboxylic acids is 2. The van der Waals surface area contributed by atoms with Crippen molar-refractivity contribution in [3.63, 3.8) is 0 Å². The summed E-state index contributed by atoms with van der Waals surface area (Å²) in [6, 6.07) is 4.58. The molecule has 1 aromatic carbocycles. The zero-order valence-electron chi connectivity index (χ0n) is 13.3. The molecule has 23 heavy (non-hydrogen) atoms. The van der Waals surface area contributed by atoms with E-state index in [1.165, 1.54) is 13.0 Å². The quantitative estimate of drug-likeness (QED) is 0.637. The molecule has 0 radical (unpaired) electrons. The topological polar surface area (TPSA) is 52.7 Å². The van der Waals surface area contributed by atoms with Crippen LogP contribution in [0.2, 0.25) is 0 Å². The Morgan fingerprint density at radius 3 is 2.57 bits per heavy atom. The van der Waals surface area contributed by atoms with Crippen LogP contribution in [0.5, 0.6) is 0 Å². The molecule has 1 saturated heterocycles. The number of anilines is 1. The van der Waals surface area contributed by atoms with Gasteiger partial charge in [-0.25, -0.2) is 4.39 Å². The molecule has 0 saturated carbocycles. The van der Waals surface area contributed by atoms with Crippen LogP contribution in [0, 0.1) is 5.82 Å². The van der Waals surface area contributed by atoms with E-state index < -0.39 is 0 Å². The van der Waals surface area contributed by atoms with Gasteiger partial charge in [-0.15, -0.1) is 6.58 Å². The van der Waals surface area contributed by atoms with Gasteiger partial charge in [-0.2, -0.15) is 0 Å². The van der Waals surface area contributed by atoms with Crippen molar-refractivity contribution in [1.29, 1.82) is 0 Å². The number of carbonyl (C=O) groups is 2. The highest BCUT2D eigenvalue weighted by molar-refractivity contribution is 5.94. The normalized spacial score (nSPS) is 15.3. The number of amides is 1. The summed E-state index contributed by atoms with van der Waals surface area (Å²) in [4.78, 5) is 26.9.